The first-order valence-corrected chi connectivity index (χ1v) is 7.19. The first-order valence-electron chi connectivity index (χ1n) is 6.21. The molecule has 0 spiro atoms. The molecule has 0 aliphatic heterocycles. The first kappa shape index (κ1) is 15.1. The summed E-state index contributed by atoms with van der Waals surface area (Å²) >= 11 is 1.49. The highest BCUT2D eigenvalue weighted by molar-refractivity contribution is 8.00. The zero-order chi connectivity index (χ0) is 15.1. The summed E-state index contributed by atoms with van der Waals surface area (Å²) in [5.41, 5.74) is 8.85. The van der Waals surface area contributed by atoms with Crippen LogP contribution in [0.15, 0.2) is 64.6 Å². The van der Waals surface area contributed by atoms with Gasteiger partial charge in [0.2, 0.25) is 0 Å². The lowest BCUT2D eigenvalue weighted by Crippen LogP contribution is -2.26. The van der Waals surface area contributed by atoms with Gasteiger partial charge in [-0.1, -0.05) is 30.3 Å². The van der Waals surface area contributed by atoms with Crippen LogP contribution in [0.3, 0.4) is 0 Å². The Balaban J connectivity index is 2.11. The van der Waals surface area contributed by atoms with Gasteiger partial charge in [-0.2, -0.15) is 5.10 Å². The van der Waals surface area contributed by atoms with Gasteiger partial charge in [-0.05, 0) is 29.8 Å². The highest BCUT2D eigenvalue weighted by atomic mass is 32.2. The summed E-state index contributed by atoms with van der Waals surface area (Å²) in [4.78, 5) is 11.7. The quantitative estimate of drug-likeness (QED) is 0.506. The molecule has 0 bridgehead atoms. The number of hydrazone groups is 1. The second-order valence-electron chi connectivity index (χ2n) is 4.14. The van der Waals surface area contributed by atoms with Crippen LogP contribution in [0, 0.1) is 5.82 Å². The minimum Gasteiger partial charge on any atom is -0.350 e. The van der Waals surface area contributed by atoms with E-state index in [1.165, 1.54) is 23.9 Å². The van der Waals surface area contributed by atoms with E-state index >= 15 is 0 Å². The van der Waals surface area contributed by atoms with Crippen LogP contribution in [0.1, 0.15) is 5.56 Å². The number of carbonyl (C=O) groups is 1. The van der Waals surface area contributed by atoms with Crippen molar-refractivity contribution < 1.29 is 9.18 Å². The number of carbonyl (C=O) groups excluding carboxylic acids is 1. The molecular formula is C15H14FN3OS. The Hall–Kier alpha value is -2.34. The van der Waals surface area contributed by atoms with Crippen LogP contribution in [0.5, 0.6) is 0 Å². The summed E-state index contributed by atoms with van der Waals surface area (Å²) in [5.74, 6) is 0.252. The first-order chi connectivity index (χ1) is 10.1. The lowest BCUT2D eigenvalue weighted by Gasteiger charge is -2.07. The molecule has 3 N–H and O–H groups in total. The van der Waals surface area contributed by atoms with Gasteiger partial charge >= 0.3 is 6.03 Å². The van der Waals surface area contributed by atoms with E-state index in [4.69, 9.17) is 5.73 Å². The van der Waals surface area contributed by atoms with E-state index in [1.807, 2.05) is 30.3 Å². The summed E-state index contributed by atoms with van der Waals surface area (Å²) in [6.07, 6.45) is 0. The van der Waals surface area contributed by atoms with E-state index in [0.717, 1.165) is 10.5 Å². The minimum absolute atomic E-state index is 0.272. The van der Waals surface area contributed by atoms with E-state index in [2.05, 4.69) is 10.5 Å². The maximum Gasteiger partial charge on any atom is 0.332 e. The maximum absolute atomic E-state index is 12.9. The van der Waals surface area contributed by atoms with Gasteiger partial charge in [0.25, 0.3) is 0 Å². The van der Waals surface area contributed by atoms with Crippen molar-refractivity contribution in [2.45, 2.75) is 4.90 Å². The van der Waals surface area contributed by atoms with Crippen LogP contribution >= 0.6 is 11.8 Å². The largest absolute Gasteiger partial charge is 0.350 e. The Morgan fingerprint density at radius 1 is 1.14 bits per heavy atom. The Morgan fingerprint density at radius 3 is 2.43 bits per heavy atom. The molecule has 0 saturated heterocycles. The predicted molar refractivity (Wildman–Crippen MR) is 82.8 cm³/mol. The Bertz CT molecular complexity index is 629. The van der Waals surface area contributed by atoms with Crippen molar-refractivity contribution >= 4 is 23.5 Å². The normalized spacial score (nSPS) is 11.2. The summed E-state index contributed by atoms with van der Waals surface area (Å²) in [5, 5.41) is 4.02. The second kappa shape index (κ2) is 7.44. The van der Waals surface area contributed by atoms with Gasteiger partial charge in [-0.25, -0.2) is 14.6 Å². The molecular weight excluding hydrogens is 289 g/mol. The van der Waals surface area contributed by atoms with Gasteiger partial charge in [0.1, 0.15) is 5.82 Å². The molecule has 0 unspecified atom stereocenters. The zero-order valence-electron chi connectivity index (χ0n) is 11.1. The molecule has 2 aromatic rings. The molecule has 2 amide bonds. The summed E-state index contributed by atoms with van der Waals surface area (Å²) in [6.45, 7) is 0. The van der Waals surface area contributed by atoms with Crippen molar-refractivity contribution in [3.05, 3.63) is 66.0 Å². The molecule has 2 rings (SSSR count). The predicted octanol–water partition coefficient (Wildman–Crippen LogP) is 2.99. The third-order valence-electron chi connectivity index (χ3n) is 2.60. The minimum atomic E-state index is -0.713. The molecule has 4 nitrogen and oxygen atoms in total. The maximum atomic E-state index is 12.9. The van der Waals surface area contributed by atoms with Gasteiger partial charge in [-0.15, -0.1) is 11.8 Å². The third kappa shape index (κ3) is 4.92. The third-order valence-corrected chi connectivity index (χ3v) is 3.62. The van der Waals surface area contributed by atoms with Gasteiger partial charge in [0, 0.05) is 10.6 Å². The average molecular weight is 303 g/mol. The van der Waals surface area contributed by atoms with Crippen LogP contribution in [-0.4, -0.2) is 17.5 Å². The SMILES string of the molecule is NC(=O)NN=C(CSc1ccc(F)cc1)c1ccccc1. The van der Waals surface area contributed by atoms with Gasteiger partial charge in [-0.3, -0.25) is 0 Å². The topological polar surface area (TPSA) is 67.5 Å². The molecule has 0 radical (unpaired) electrons. The van der Waals surface area contributed by atoms with E-state index in [1.54, 1.807) is 12.1 Å². The van der Waals surface area contributed by atoms with Crippen LogP contribution in [0.25, 0.3) is 0 Å². The zero-order valence-corrected chi connectivity index (χ0v) is 11.9. The van der Waals surface area contributed by atoms with Crippen LogP contribution < -0.4 is 11.2 Å². The second-order valence-corrected chi connectivity index (χ2v) is 5.19. The van der Waals surface area contributed by atoms with Crippen molar-refractivity contribution in [1.82, 2.24) is 5.43 Å². The van der Waals surface area contributed by atoms with Crippen molar-refractivity contribution in [2.24, 2.45) is 10.8 Å². The lowest BCUT2D eigenvalue weighted by atomic mass is 10.1. The molecule has 6 heteroatoms. The number of amides is 2. The number of urea groups is 1. The molecule has 0 heterocycles. The Kier molecular flexibility index (Phi) is 5.34. The molecule has 21 heavy (non-hydrogen) atoms. The summed E-state index contributed by atoms with van der Waals surface area (Å²) in [6, 6.07) is 15.0. The van der Waals surface area contributed by atoms with Crippen molar-refractivity contribution in [3.63, 3.8) is 0 Å². The van der Waals surface area contributed by atoms with Crippen LogP contribution in [0.2, 0.25) is 0 Å². The fourth-order valence-electron chi connectivity index (χ4n) is 1.62. The summed E-state index contributed by atoms with van der Waals surface area (Å²) in [7, 11) is 0. The van der Waals surface area contributed by atoms with E-state index in [9.17, 15) is 9.18 Å². The number of hydrogen-bond donors (Lipinski definition) is 2. The van der Waals surface area contributed by atoms with E-state index in [-0.39, 0.29) is 5.82 Å². The fourth-order valence-corrected chi connectivity index (χ4v) is 2.48. The molecule has 0 atom stereocenters. The highest BCUT2D eigenvalue weighted by Gasteiger charge is 2.05. The molecule has 2 aromatic carbocycles. The lowest BCUT2D eigenvalue weighted by molar-refractivity contribution is 0.249. The Labute approximate surface area is 126 Å². The number of thioether (sulfide) groups is 1. The highest BCUT2D eigenvalue weighted by Crippen LogP contribution is 2.19. The number of primary amides is 1. The van der Waals surface area contributed by atoms with Crippen molar-refractivity contribution in [1.29, 1.82) is 0 Å². The van der Waals surface area contributed by atoms with Crippen molar-refractivity contribution in [2.75, 3.05) is 5.75 Å². The molecule has 0 saturated carbocycles. The van der Waals surface area contributed by atoms with E-state index in [0.29, 0.717) is 11.5 Å². The molecule has 0 fully saturated rings. The average Bonchev–Trinajstić information content (AvgIpc) is 2.50. The number of hydrogen-bond acceptors (Lipinski definition) is 3. The molecule has 0 aliphatic carbocycles. The fraction of sp³-hybridized carbons (Fsp3) is 0.0667. The molecule has 0 aromatic heterocycles. The summed E-state index contributed by atoms with van der Waals surface area (Å²) < 4.78 is 12.9. The van der Waals surface area contributed by atoms with Gasteiger partial charge in [0.05, 0.1) is 5.71 Å². The number of rotatable bonds is 5. The standard InChI is InChI=1S/C15H14FN3OS/c16-12-6-8-13(9-7-12)21-10-14(18-19-15(17)20)11-4-2-1-3-5-11/h1-9H,10H2,(H3,17,19,20). The van der Waals surface area contributed by atoms with Crippen molar-refractivity contribution in [3.8, 4) is 0 Å². The monoisotopic (exact) mass is 303 g/mol. The van der Waals surface area contributed by atoms with Crippen LogP contribution in [0.4, 0.5) is 9.18 Å². The molecule has 0 aliphatic rings. The van der Waals surface area contributed by atoms with Crippen LogP contribution in [-0.2, 0) is 0 Å². The van der Waals surface area contributed by atoms with Gasteiger partial charge in [0.15, 0.2) is 0 Å². The number of nitrogens with two attached hydrogens (primary N) is 1. The number of halogens is 1. The number of nitrogens with zero attached hydrogens (tertiary/aromatic N) is 1. The number of benzene rings is 2. The number of nitrogens with one attached hydrogen (secondary N) is 1. The Morgan fingerprint density at radius 2 is 1.81 bits per heavy atom. The van der Waals surface area contributed by atoms with E-state index < -0.39 is 6.03 Å². The van der Waals surface area contributed by atoms with Gasteiger partial charge < -0.3 is 5.73 Å². The molecule has 108 valence electrons. The smallest absolute Gasteiger partial charge is 0.332 e.